The van der Waals surface area contributed by atoms with E-state index < -0.39 is 12.1 Å². The molecule has 1 amide bonds. The minimum Gasteiger partial charge on any atom is -0.449 e. The van der Waals surface area contributed by atoms with Gasteiger partial charge in [-0.15, -0.1) is 0 Å². The SMILES string of the molecule is CCc1noc(C)c1C(=O)O[C@H](C)C(=O)Nc1c(C)cccc1C. The van der Waals surface area contributed by atoms with E-state index in [0.29, 0.717) is 23.4 Å². The van der Waals surface area contributed by atoms with E-state index in [1.165, 1.54) is 6.92 Å². The lowest BCUT2D eigenvalue weighted by Gasteiger charge is -2.16. The Kier molecular flexibility index (Phi) is 5.39. The molecule has 0 saturated heterocycles. The lowest BCUT2D eigenvalue weighted by Crippen LogP contribution is -2.30. The first-order valence-electron chi connectivity index (χ1n) is 7.88. The predicted molar refractivity (Wildman–Crippen MR) is 90.0 cm³/mol. The van der Waals surface area contributed by atoms with Crippen molar-refractivity contribution < 1.29 is 18.8 Å². The van der Waals surface area contributed by atoms with Crippen molar-refractivity contribution in [3.8, 4) is 0 Å². The van der Waals surface area contributed by atoms with Gasteiger partial charge in [0, 0.05) is 5.69 Å². The van der Waals surface area contributed by atoms with Crippen molar-refractivity contribution in [2.45, 2.75) is 47.1 Å². The Morgan fingerprint density at radius 1 is 1.25 bits per heavy atom. The summed E-state index contributed by atoms with van der Waals surface area (Å²) in [6.07, 6.45) is -0.388. The number of hydrogen-bond acceptors (Lipinski definition) is 5. The lowest BCUT2D eigenvalue weighted by atomic mass is 10.1. The van der Waals surface area contributed by atoms with Crippen LogP contribution in [0.1, 0.15) is 46.8 Å². The van der Waals surface area contributed by atoms with E-state index >= 15 is 0 Å². The number of ether oxygens (including phenoxy) is 1. The van der Waals surface area contributed by atoms with Gasteiger partial charge in [-0.25, -0.2) is 4.79 Å². The second kappa shape index (κ2) is 7.29. The van der Waals surface area contributed by atoms with Crippen LogP contribution in [-0.2, 0) is 16.0 Å². The van der Waals surface area contributed by atoms with Crippen LogP contribution in [0.25, 0.3) is 0 Å². The van der Waals surface area contributed by atoms with Gasteiger partial charge in [-0.3, -0.25) is 4.79 Å². The van der Waals surface area contributed by atoms with Crippen molar-refractivity contribution in [1.29, 1.82) is 0 Å². The van der Waals surface area contributed by atoms with Crippen LogP contribution in [0.3, 0.4) is 0 Å². The van der Waals surface area contributed by atoms with Crippen molar-refractivity contribution in [2.75, 3.05) is 5.32 Å². The fourth-order valence-electron chi connectivity index (χ4n) is 2.43. The fourth-order valence-corrected chi connectivity index (χ4v) is 2.43. The van der Waals surface area contributed by atoms with Crippen molar-refractivity contribution in [1.82, 2.24) is 5.16 Å². The fraction of sp³-hybridized carbons (Fsp3) is 0.389. The molecule has 1 heterocycles. The lowest BCUT2D eigenvalue weighted by molar-refractivity contribution is -0.123. The summed E-state index contributed by atoms with van der Waals surface area (Å²) >= 11 is 0. The van der Waals surface area contributed by atoms with Crippen LogP contribution >= 0.6 is 0 Å². The van der Waals surface area contributed by atoms with Crippen LogP contribution in [-0.4, -0.2) is 23.1 Å². The summed E-state index contributed by atoms with van der Waals surface area (Å²) in [7, 11) is 0. The van der Waals surface area contributed by atoms with Crippen LogP contribution in [0.4, 0.5) is 5.69 Å². The van der Waals surface area contributed by atoms with Gasteiger partial charge in [-0.05, 0) is 45.2 Å². The summed E-state index contributed by atoms with van der Waals surface area (Å²) in [5.74, 6) is -0.595. The highest BCUT2D eigenvalue weighted by atomic mass is 16.5. The van der Waals surface area contributed by atoms with Gasteiger partial charge < -0.3 is 14.6 Å². The number of aromatic nitrogens is 1. The number of carbonyl (C=O) groups excluding carboxylic acids is 2. The van der Waals surface area contributed by atoms with Gasteiger partial charge in [0.25, 0.3) is 5.91 Å². The molecule has 0 unspecified atom stereocenters. The van der Waals surface area contributed by atoms with E-state index in [1.54, 1.807) is 6.92 Å². The highest BCUT2D eigenvalue weighted by molar-refractivity contribution is 5.98. The number of aryl methyl sites for hydroxylation is 4. The first kappa shape index (κ1) is 17.7. The monoisotopic (exact) mass is 330 g/mol. The molecule has 0 radical (unpaired) electrons. The molecule has 0 spiro atoms. The summed E-state index contributed by atoms with van der Waals surface area (Å²) in [6.45, 7) is 8.87. The normalized spacial score (nSPS) is 11.9. The summed E-state index contributed by atoms with van der Waals surface area (Å²) in [5.41, 5.74) is 3.46. The van der Waals surface area contributed by atoms with Gasteiger partial charge in [0.15, 0.2) is 6.10 Å². The van der Waals surface area contributed by atoms with Gasteiger partial charge in [-0.2, -0.15) is 0 Å². The van der Waals surface area contributed by atoms with Crippen LogP contribution in [0.15, 0.2) is 22.7 Å². The molecule has 6 nitrogen and oxygen atoms in total. The number of rotatable bonds is 5. The third-order valence-corrected chi connectivity index (χ3v) is 3.85. The molecule has 0 aliphatic rings. The molecule has 0 fully saturated rings. The number of carbonyl (C=O) groups is 2. The summed E-state index contributed by atoms with van der Waals surface area (Å²) in [4.78, 5) is 24.6. The Bertz CT molecular complexity index is 744. The second-order valence-corrected chi connectivity index (χ2v) is 5.72. The Hall–Kier alpha value is -2.63. The van der Waals surface area contributed by atoms with E-state index in [9.17, 15) is 9.59 Å². The van der Waals surface area contributed by atoms with E-state index in [4.69, 9.17) is 9.26 Å². The summed E-state index contributed by atoms with van der Waals surface area (Å²) in [5, 5.41) is 6.64. The van der Waals surface area contributed by atoms with E-state index in [-0.39, 0.29) is 5.91 Å². The van der Waals surface area contributed by atoms with E-state index in [1.807, 2.05) is 39.0 Å². The van der Waals surface area contributed by atoms with Gasteiger partial charge in [-0.1, -0.05) is 30.3 Å². The molecule has 1 aromatic heterocycles. The summed E-state index contributed by atoms with van der Waals surface area (Å²) < 4.78 is 10.3. The number of anilines is 1. The average Bonchev–Trinajstić information content (AvgIpc) is 2.91. The molecule has 6 heteroatoms. The molecule has 1 aromatic carbocycles. The highest BCUT2D eigenvalue weighted by Gasteiger charge is 2.25. The van der Waals surface area contributed by atoms with Crippen molar-refractivity contribution in [2.24, 2.45) is 0 Å². The van der Waals surface area contributed by atoms with Crippen LogP contribution in [0, 0.1) is 20.8 Å². The number of amides is 1. The smallest absolute Gasteiger partial charge is 0.344 e. The number of esters is 1. The van der Waals surface area contributed by atoms with Crippen molar-refractivity contribution in [3.05, 3.63) is 46.3 Å². The van der Waals surface area contributed by atoms with Crippen LogP contribution < -0.4 is 5.32 Å². The third kappa shape index (κ3) is 3.64. The maximum atomic E-state index is 12.3. The highest BCUT2D eigenvalue weighted by Crippen LogP contribution is 2.20. The van der Waals surface area contributed by atoms with Gasteiger partial charge in [0.2, 0.25) is 0 Å². The van der Waals surface area contributed by atoms with Gasteiger partial charge in [0.1, 0.15) is 11.3 Å². The minimum absolute atomic E-state index is 0.296. The summed E-state index contributed by atoms with van der Waals surface area (Å²) in [6, 6.07) is 5.74. The number of hydrogen-bond donors (Lipinski definition) is 1. The van der Waals surface area contributed by atoms with Crippen molar-refractivity contribution in [3.63, 3.8) is 0 Å². The standard InChI is InChI=1S/C18H22N2O4/c1-6-14-15(12(4)24-20-14)18(22)23-13(5)17(21)19-16-10(2)8-7-9-11(16)3/h7-9,13H,6H2,1-5H3,(H,19,21)/t13-/m1/s1. The van der Waals surface area contributed by atoms with E-state index in [0.717, 1.165) is 16.8 Å². The average molecular weight is 330 g/mol. The third-order valence-electron chi connectivity index (χ3n) is 3.85. The number of para-hydroxylation sites is 1. The Labute approximate surface area is 141 Å². The molecular formula is C18H22N2O4. The van der Waals surface area contributed by atoms with Gasteiger partial charge >= 0.3 is 5.97 Å². The molecule has 0 bridgehead atoms. The zero-order valence-electron chi connectivity index (χ0n) is 14.6. The first-order chi connectivity index (χ1) is 11.3. The Morgan fingerprint density at radius 2 is 1.88 bits per heavy atom. The molecule has 0 aliphatic carbocycles. The van der Waals surface area contributed by atoms with Gasteiger partial charge in [0.05, 0.1) is 5.69 Å². The largest absolute Gasteiger partial charge is 0.449 e. The molecule has 1 N–H and O–H groups in total. The maximum Gasteiger partial charge on any atom is 0.344 e. The molecule has 24 heavy (non-hydrogen) atoms. The quantitative estimate of drug-likeness (QED) is 0.850. The molecular weight excluding hydrogens is 308 g/mol. The zero-order valence-corrected chi connectivity index (χ0v) is 14.6. The molecule has 0 aliphatic heterocycles. The number of benzene rings is 1. The second-order valence-electron chi connectivity index (χ2n) is 5.72. The molecule has 2 rings (SSSR count). The molecule has 0 saturated carbocycles. The number of nitrogens with zero attached hydrogens (tertiary/aromatic N) is 1. The topological polar surface area (TPSA) is 81.4 Å². The molecule has 1 atom stereocenters. The molecule has 2 aromatic rings. The molecule has 128 valence electrons. The van der Waals surface area contributed by atoms with Crippen LogP contribution in [0.2, 0.25) is 0 Å². The predicted octanol–water partition coefficient (Wildman–Crippen LogP) is 3.35. The zero-order chi connectivity index (χ0) is 17.9. The van der Waals surface area contributed by atoms with Crippen molar-refractivity contribution >= 4 is 17.6 Å². The van der Waals surface area contributed by atoms with E-state index in [2.05, 4.69) is 10.5 Å². The number of nitrogens with one attached hydrogen (secondary N) is 1. The maximum absolute atomic E-state index is 12.3. The first-order valence-corrected chi connectivity index (χ1v) is 7.88. The minimum atomic E-state index is -0.935. The van der Waals surface area contributed by atoms with Crippen LogP contribution in [0.5, 0.6) is 0 Å². The Morgan fingerprint density at radius 3 is 2.46 bits per heavy atom. The Balaban J connectivity index is 2.09.